The van der Waals surface area contributed by atoms with Gasteiger partial charge in [0.2, 0.25) is 0 Å². The van der Waals surface area contributed by atoms with Crippen molar-refractivity contribution in [2.75, 3.05) is 4.90 Å². The van der Waals surface area contributed by atoms with Gasteiger partial charge < -0.3 is 4.90 Å². The minimum Gasteiger partial charge on any atom is -0.310 e. The van der Waals surface area contributed by atoms with E-state index in [1.54, 1.807) is 11.1 Å². The normalized spacial score (nSPS) is 22.3. The highest BCUT2D eigenvalue weighted by atomic mass is 15.1. The van der Waals surface area contributed by atoms with E-state index >= 15 is 0 Å². The number of benzene rings is 9. The van der Waals surface area contributed by atoms with E-state index in [2.05, 4.69) is 260 Å². The van der Waals surface area contributed by atoms with Crippen molar-refractivity contribution in [3.63, 3.8) is 0 Å². The lowest BCUT2D eigenvalue weighted by Crippen LogP contribution is -2.55. The zero-order chi connectivity index (χ0) is 52.4. The van der Waals surface area contributed by atoms with Crippen LogP contribution in [-0.2, 0) is 27.1 Å². The molecule has 7 aliphatic carbocycles. The summed E-state index contributed by atoms with van der Waals surface area (Å²) < 4.78 is 0. The number of hydrogen-bond acceptors (Lipinski definition) is 1. The van der Waals surface area contributed by atoms with Crippen LogP contribution in [0.2, 0.25) is 0 Å². The maximum absolute atomic E-state index is 2.70. The molecule has 0 N–H and O–H groups in total. The van der Waals surface area contributed by atoms with Gasteiger partial charge in [-0.15, -0.1) is 0 Å². The van der Waals surface area contributed by atoms with E-state index in [9.17, 15) is 0 Å². The van der Waals surface area contributed by atoms with Crippen LogP contribution in [0.4, 0.5) is 17.1 Å². The molecular formula is C76H71N. The molecule has 4 saturated carbocycles. The van der Waals surface area contributed by atoms with Crippen molar-refractivity contribution in [2.24, 2.45) is 23.7 Å². The number of hydrogen-bond donors (Lipinski definition) is 0. The molecule has 7 aliphatic rings. The first-order valence-electron chi connectivity index (χ1n) is 29.0. The van der Waals surface area contributed by atoms with Crippen molar-refractivity contribution >= 4 is 17.1 Å². The Hall–Kier alpha value is -7.22. The van der Waals surface area contributed by atoms with E-state index in [4.69, 9.17) is 0 Å². The van der Waals surface area contributed by atoms with E-state index < -0.39 is 5.41 Å². The van der Waals surface area contributed by atoms with Gasteiger partial charge in [-0.2, -0.15) is 0 Å². The molecule has 77 heavy (non-hydrogen) atoms. The first-order valence-corrected chi connectivity index (χ1v) is 29.0. The highest BCUT2D eigenvalue weighted by Gasteiger charge is 2.62. The van der Waals surface area contributed by atoms with E-state index in [-0.39, 0.29) is 21.7 Å². The summed E-state index contributed by atoms with van der Waals surface area (Å²) in [5, 5.41) is 0. The topological polar surface area (TPSA) is 3.24 Å². The second-order valence-corrected chi connectivity index (χ2v) is 26.9. The predicted octanol–water partition coefficient (Wildman–Crippen LogP) is 19.8. The molecule has 16 rings (SSSR count). The van der Waals surface area contributed by atoms with Crippen LogP contribution in [0, 0.1) is 23.7 Å². The lowest BCUT2D eigenvalue weighted by Gasteiger charge is -2.61. The van der Waals surface area contributed by atoms with Crippen LogP contribution in [0.1, 0.15) is 143 Å². The molecule has 4 fully saturated rings. The third-order valence-electron chi connectivity index (χ3n) is 20.5. The molecule has 0 saturated heterocycles. The van der Waals surface area contributed by atoms with Crippen LogP contribution < -0.4 is 4.90 Å². The Morgan fingerprint density at radius 3 is 1.39 bits per heavy atom. The van der Waals surface area contributed by atoms with Crippen LogP contribution in [-0.4, -0.2) is 0 Å². The Labute approximate surface area is 458 Å². The molecule has 0 aromatic heterocycles. The zero-order valence-electron chi connectivity index (χ0n) is 46.3. The Bertz CT molecular complexity index is 3770. The van der Waals surface area contributed by atoms with Crippen LogP contribution in [0.25, 0.3) is 44.5 Å². The fourth-order valence-electron chi connectivity index (χ4n) is 17.1. The summed E-state index contributed by atoms with van der Waals surface area (Å²) in [4.78, 5) is 2.66. The Kier molecular flexibility index (Phi) is 10.0. The summed E-state index contributed by atoms with van der Waals surface area (Å²) in [6.45, 7) is 19.2. The van der Waals surface area contributed by atoms with E-state index in [1.165, 1.54) is 138 Å². The van der Waals surface area contributed by atoms with Crippen molar-refractivity contribution in [1.29, 1.82) is 0 Å². The quantitative estimate of drug-likeness (QED) is 0.166. The summed E-state index contributed by atoms with van der Waals surface area (Å²) >= 11 is 0. The Morgan fingerprint density at radius 2 is 0.805 bits per heavy atom. The van der Waals surface area contributed by atoms with Crippen molar-refractivity contribution in [1.82, 2.24) is 0 Å². The van der Waals surface area contributed by atoms with E-state index in [1.807, 2.05) is 0 Å². The van der Waals surface area contributed by atoms with Gasteiger partial charge in [0.1, 0.15) is 0 Å². The molecule has 1 heteroatoms. The number of nitrogens with zero attached hydrogens (tertiary/aromatic N) is 1. The van der Waals surface area contributed by atoms with Crippen LogP contribution in [0.3, 0.4) is 0 Å². The van der Waals surface area contributed by atoms with Crippen LogP contribution in [0.5, 0.6) is 0 Å². The second kappa shape index (κ2) is 16.4. The van der Waals surface area contributed by atoms with Gasteiger partial charge in [0, 0.05) is 27.8 Å². The Balaban J connectivity index is 1.01. The number of anilines is 3. The average Bonchev–Trinajstić information content (AvgIpc) is 3.45. The minimum absolute atomic E-state index is 0.0370. The molecule has 380 valence electrons. The smallest absolute Gasteiger partial charge is 0.0720 e. The molecule has 0 heterocycles. The second-order valence-electron chi connectivity index (χ2n) is 26.9. The summed E-state index contributed by atoms with van der Waals surface area (Å²) in [7, 11) is 0. The van der Waals surface area contributed by atoms with Crippen LogP contribution in [0.15, 0.2) is 200 Å². The molecule has 0 atom stereocenters. The van der Waals surface area contributed by atoms with Gasteiger partial charge in [-0.25, -0.2) is 0 Å². The van der Waals surface area contributed by atoms with E-state index in [0.717, 1.165) is 11.8 Å². The lowest BCUT2D eigenvalue weighted by molar-refractivity contribution is -0.0399. The maximum atomic E-state index is 2.70. The van der Waals surface area contributed by atoms with Crippen molar-refractivity contribution in [3.8, 4) is 44.5 Å². The van der Waals surface area contributed by atoms with Gasteiger partial charge in [0.25, 0.3) is 0 Å². The third-order valence-corrected chi connectivity index (χ3v) is 20.5. The fraction of sp³-hybridized carbons (Fsp3) is 0.289. The van der Waals surface area contributed by atoms with E-state index in [0.29, 0.717) is 11.8 Å². The Morgan fingerprint density at radius 1 is 0.351 bits per heavy atom. The summed E-state index contributed by atoms with van der Waals surface area (Å²) in [6, 6.07) is 78.7. The molecule has 0 unspecified atom stereocenters. The van der Waals surface area contributed by atoms with Gasteiger partial charge in [0.05, 0.1) is 11.1 Å². The number of para-hydroxylation sites is 1. The molecule has 4 bridgehead atoms. The number of fused-ring (bicyclic) bond motifs is 12. The third kappa shape index (κ3) is 6.59. The lowest BCUT2D eigenvalue weighted by atomic mass is 9.43. The molecular weight excluding hydrogens is 927 g/mol. The molecule has 9 aromatic carbocycles. The molecule has 9 aromatic rings. The van der Waals surface area contributed by atoms with Crippen molar-refractivity contribution in [2.45, 2.75) is 115 Å². The van der Waals surface area contributed by atoms with Gasteiger partial charge in [-0.3, -0.25) is 0 Å². The fourth-order valence-corrected chi connectivity index (χ4v) is 17.1. The largest absolute Gasteiger partial charge is 0.310 e. The zero-order valence-corrected chi connectivity index (χ0v) is 46.3. The summed E-state index contributed by atoms with van der Waals surface area (Å²) in [5.74, 6) is 3.10. The monoisotopic (exact) mass is 998 g/mol. The number of rotatable bonds is 5. The molecule has 0 amide bonds. The van der Waals surface area contributed by atoms with Gasteiger partial charge >= 0.3 is 0 Å². The molecule has 0 radical (unpaired) electrons. The van der Waals surface area contributed by atoms with Gasteiger partial charge in [-0.1, -0.05) is 225 Å². The highest BCUT2D eigenvalue weighted by Crippen LogP contribution is 2.70. The van der Waals surface area contributed by atoms with Crippen molar-refractivity contribution < 1.29 is 0 Å². The molecule has 0 aliphatic heterocycles. The standard InChI is InChI=1S/C76H71N/c1-72(2,3)52-30-36-65-69(43-52)76(70-44-53(73(4,5)6)31-37-66(70)74(65,7)8)64-24-16-13-22-60(64)62-35-33-57(46-68(62)76)77(71-25-17-14-20-58(71)51-28-26-50(27-29-51)49-18-10-9-11-19-49)56-32-34-61-59-21-12-15-23-63(59)75(67(61)45-56)54-39-47-38-48(41-54)42-55(75)40-47/h9-37,43-48,54-55H,38-42H2,1-8H3. The first kappa shape index (κ1) is 47.0. The predicted molar refractivity (Wildman–Crippen MR) is 322 cm³/mol. The van der Waals surface area contributed by atoms with Gasteiger partial charge in [0.15, 0.2) is 0 Å². The summed E-state index contributed by atoms with van der Waals surface area (Å²) in [6.07, 6.45) is 6.88. The SMILES string of the molecule is CC(C)(C)c1ccc2c(c1)C1(c3ccccc3-c3ccc(N(c4ccc5c(c4)C4(c6ccccc6-5)C5CC6CC(C5)CC4C6)c4ccccc4-c4ccc(-c5ccccc5)cc4)cc31)c1cc(C(C)(C)C)ccc1C2(C)C. The summed E-state index contributed by atoms with van der Waals surface area (Å²) in [5.41, 5.74) is 27.6. The van der Waals surface area contributed by atoms with Crippen LogP contribution >= 0.6 is 0 Å². The molecule has 1 nitrogen and oxygen atoms in total. The maximum Gasteiger partial charge on any atom is 0.0720 e. The van der Waals surface area contributed by atoms with Crippen molar-refractivity contribution in [3.05, 3.63) is 256 Å². The average molecular weight is 998 g/mol. The first-order chi connectivity index (χ1) is 37.1. The minimum atomic E-state index is -0.576. The highest BCUT2D eigenvalue weighted by molar-refractivity contribution is 5.95. The molecule has 2 spiro atoms. The van der Waals surface area contributed by atoms with Gasteiger partial charge in [-0.05, 0) is 192 Å².